The Morgan fingerprint density at radius 3 is 2.59 bits per heavy atom. The summed E-state index contributed by atoms with van der Waals surface area (Å²) >= 11 is 0. The van der Waals surface area contributed by atoms with Crippen LogP contribution in [-0.4, -0.2) is 41.7 Å². The molecule has 1 saturated heterocycles. The molecule has 6 nitrogen and oxygen atoms in total. The van der Waals surface area contributed by atoms with Crippen LogP contribution in [0.25, 0.3) is 0 Å². The fourth-order valence-corrected chi connectivity index (χ4v) is 4.29. The van der Waals surface area contributed by atoms with Crippen molar-refractivity contribution in [2.45, 2.75) is 44.6 Å². The minimum absolute atomic E-state index is 0.0469. The zero-order chi connectivity index (χ0) is 22.3. The van der Waals surface area contributed by atoms with Crippen molar-refractivity contribution >= 4 is 12.0 Å². The minimum Gasteiger partial charge on any atom is -0.490 e. The molecule has 0 atom stereocenters. The molecule has 0 radical (unpaired) electrons. The maximum Gasteiger partial charge on any atom is 0.404 e. The van der Waals surface area contributed by atoms with E-state index in [-0.39, 0.29) is 5.91 Å². The molecule has 2 aliphatic rings. The number of hydrogen-bond donors (Lipinski definition) is 2. The molecule has 2 aromatic carbocycles. The number of rotatable bonds is 7. The molecule has 0 unspecified atom stereocenters. The molecular formula is C26H30N2O4. The lowest BCUT2D eigenvalue weighted by molar-refractivity contribution is 0.0712. The van der Waals surface area contributed by atoms with Crippen molar-refractivity contribution in [3.63, 3.8) is 0 Å². The van der Waals surface area contributed by atoms with Crippen LogP contribution in [0.1, 0.15) is 59.5 Å². The van der Waals surface area contributed by atoms with Crippen molar-refractivity contribution in [1.82, 2.24) is 10.2 Å². The Morgan fingerprint density at radius 2 is 1.88 bits per heavy atom. The number of nitrogens with zero attached hydrogens (tertiary/aromatic N) is 1. The van der Waals surface area contributed by atoms with Crippen molar-refractivity contribution < 1.29 is 19.4 Å². The van der Waals surface area contributed by atoms with Gasteiger partial charge in [-0.2, -0.15) is 0 Å². The molecule has 0 bridgehead atoms. The molecule has 4 rings (SSSR count). The minimum atomic E-state index is -1.02. The third kappa shape index (κ3) is 5.69. The van der Waals surface area contributed by atoms with Crippen LogP contribution in [0.15, 0.2) is 60.2 Å². The molecule has 1 aliphatic carbocycles. The van der Waals surface area contributed by atoms with Gasteiger partial charge >= 0.3 is 6.09 Å². The molecule has 1 heterocycles. The van der Waals surface area contributed by atoms with Gasteiger partial charge in [-0.1, -0.05) is 35.9 Å². The van der Waals surface area contributed by atoms with Crippen LogP contribution >= 0.6 is 0 Å². The van der Waals surface area contributed by atoms with Gasteiger partial charge in [0.2, 0.25) is 0 Å². The Morgan fingerprint density at radius 1 is 1.09 bits per heavy atom. The van der Waals surface area contributed by atoms with Gasteiger partial charge in [0.15, 0.2) is 0 Å². The lowest BCUT2D eigenvalue weighted by Gasteiger charge is -2.32. The second kappa shape index (κ2) is 10.4. The Hall–Kier alpha value is -3.28. The number of allylic oxidation sites excluding steroid dienone is 1. The quantitative estimate of drug-likeness (QED) is 0.604. The summed E-state index contributed by atoms with van der Waals surface area (Å²) < 4.78 is 5.82. The number of carbonyl (C=O) groups excluding carboxylic acids is 1. The number of hydrogen-bond acceptors (Lipinski definition) is 3. The Labute approximate surface area is 188 Å². The molecule has 2 aromatic rings. The second-order valence-electron chi connectivity index (χ2n) is 8.52. The summed E-state index contributed by atoms with van der Waals surface area (Å²) in [4.78, 5) is 25.7. The summed E-state index contributed by atoms with van der Waals surface area (Å²) in [6.45, 7) is 2.27. The van der Waals surface area contributed by atoms with E-state index in [1.54, 1.807) is 0 Å². The summed E-state index contributed by atoms with van der Waals surface area (Å²) in [5.74, 6) is 1.15. The fourth-order valence-electron chi connectivity index (χ4n) is 4.29. The third-order valence-corrected chi connectivity index (χ3v) is 6.35. The zero-order valence-electron chi connectivity index (χ0n) is 18.3. The van der Waals surface area contributed by atoms with E-state index >= 15 is 0 Å². The molecule has 168 valence electrons. The highest BCUT2D eigenvalue weighted by molar-refractivity contribution is 5.94. The number of carboxylic acid groups (broad SMARTS) is 1. The predicted octanol–water partition coefficient (Wildman–Crippen LogP) is 4.96. The van der Waals surface area contributed by atoms with E-state index in [4.69, 9.17) is 9.84 Å². The topological polar surface area (TPSA) is 78.9 Å². The van der Waals surface area contributed by atoms with E-state index in [0.29, 0.717) is 37.7 Å². The first-order valence-electron chi connectivity index (χ1n) is 11.3. The van der Waals surface area contributed by atoms with Crippen molar-refractivity contribution in [2.75, 3.05) is 19.7 Å². The first-order valence-corrected chi connectivity index (χ1v) is 11.3. The Bertz CT molecular complexity index is 987. The Kier molecular flexibility index (Phi) is 7.10. The highest BCUT2D eigenvalue weighted by Crippen LogP contribution is 2.30. The average molecular weight is 435 g/mol. The highest BCUT2D eigenvalue weighted by Gasteiger charge is 2.25. The summed E-state index contributed by atoms with van der Waals surface area (Å²) in [6.07, 6.45) is 6.56. The van der Waals surface area contributed by atoms with Crippen molar-refractivity contribution in [3.8, 4) is 5.75 Å². The standard InChI is InChI=1S/C26H30N2O4/c29-25(23-8-3-9-24(17-23)32-15-12-19-4-1-5-19)28-13-10-21(11-14-28)22-7-2-6-20(16-22)18-27-26(30)31/h2-3,6-9,12,16-17,21,27H,1,4-5,10-11,13-15,18H2,(H,30,31). The second-order valence-corrected chi connectivity index (χ2v) is 8.52. The van der Waals surface area contributed by atoms with Crippen LogP contribution in [-0.2, 0) is 6.54 Å². The van der Waals surface area contributed by atoms with Gasteiger partial charge in [-0.3, -0.25) is 4.79 Å². The smallest absolute Gasteiger partial charge is 0.404 e. The van der Waals surface area contributed by atoms with Crippen LogP contribution in [0.2, 0.25) is 0 Å². The van der Waals surface area contributed by atoms with Gasteiger partial charge in [0.05, 0.1) is 0 Å². The Balaban J connectivity index is 1.31. The zero-order valence-corrected chi connectivity index (χ0v) is 18.3. The van der Waals surface area contributed by atoms with E-state index < -0.39 is 6.09 Å². The van der Waals surface area contributed by atoms with E-state index in [0.717, 1.165) is 24.2 Å². The lowest BCUT2D eigenvalue weighted by atomic mass is 9.88. The maximum atomic E-state index is 13.0. The van der Waals surface area contributed by atoms with Crippen molar-refractivity contribution in [3.05, 3.63) is 76.9 Å². The molecule has 1 aliphatic heterocycles. The van der Waals surface area contributed by atoms with Gasteiger partial charge in [0, 0.05) is 25.2 Å². The molecule has 0 aromatic heterocycles. The van der Waals surface area contributed by atoms with Gasteiger partial charge in [-0.05, 0) is 73.4 Å². The number of amides is 2. The SMILES string of the molecule is O=C(O)NCc1cccc(C2CCN(C(=O)c3cccc(OCC=C4CCC4)c3)CC2)c1. The molecule has 0 spiro atoms. The maximum absolute atomic E-state index is 13.0. The molecule has 2 fully saturated rings. The summed E-state index contributed by atoms with van der Waals surface area (Å²) in [5, 5.41) is 11.2. The molecular weight excluding hydrogens is 404 g/mol. The molecule has 32 heavy (non-hydrogen) atoms. The molecule has 1 saturated carbocycles. The van der Waals surface area contributed by atoms with Crippen LogP contribution in [0, 0.1) is 0 Å². The first kappa shape index (κ1) is 21.9. The first-order chi connectivity index (χ1) is 15.6. The number of likely N-dealkylation sites (tertiary alicyclic amines) is 1. The van der Waals surface area contributed by atoms with Gasteiger partial charge in [-0.25, -0.2) is 4.79 Å². The molecule has 2 amide bonds. The normalized spacial score (nSPS) is 16.2. The third-order valence-electron chi connectivity index (χ3n) is 6.35. The van der Waals surface area contributed by atoms with E-state index in [1.165, 1.54) is 30.4 Å². The summed E-state index contributed by atoms with van der Waals surface area (Å²) in [7, 11) is 0. The predicted molar refractivity (Wildman–Crippen MR) is 123 cm³/mol. The van der Waals surface area contributed by atoms with Crippen molar-refractivity contribution in [1.29, 1.82) is 0 Å². The largest absolute Gasteiger partial charge is 0.490 e. The molecule has 6 heteroatoms. The van der Waals surface area contributed by atoms with Crippen molar-refractivity contribution in [2.24, 2.45) is 0 Å². The fraction of sp³-hybridized carbons (Fsp3) is 0.385. The van der Waals surface area contributed by atoms with Gasteiger partial charge in [0.25, 0.3) is 5.91 Å². The number of nitrogens with one attached hydrogen (secondary N) is 1. The average Bonchev–Trinajstić information content (AvgIpc) is 2.79. The van der Waals surface area contributed by atoms with Gasteiger partial charge in [0.1, 0.15) is 12.4 Å². The molecule has 2 N–H and O–H groups in total. The number of ether oxygens (including phenoxy) is 1. The number of piperidine rings is 1. The van der Waals surface area contributed by atoms with E-state index in [9.17, 15) is 9.59 Å². The van der Waals surface area contributed by atoms with Crippen LogP contribution in [0.3, 0.4) is 0 Å². The lowest BCUT2D eigenvalue weighted by Crippen LogP contribution is -2.37. The number of carbonyl (C=O) groups is 2. The van der Waals surface area contributed by atoms with E-state index in [2.05, 4.69) is 23.5 Å². The number of benzene rings is 2. The van der Waals surface area contributed by atoms with E-state index in [1.807, 2.05) is 41.3 Å². The van der Waals surface area contributed by atoms with Gasteiger partial charge in [-0.15, -0.1) is 0 Å². The summed E-state index contributed by atoms with van der Waals surface area (Å²) in [5.41, 5.74) is 4.29. The van der Waals surface area contributed by atoms with Gasteiger partial charge < -0.3 is 20.1 Å². The van der Waals surface area contributed by atoms with Crippen LogP contribution in [0.4, 0.5) is 4.79 Å². The summed E-state index contributed by atoms with van der Waals surface area (Å²) in [6, 6.07) is 15.5. The van der Waals surface area contributed by atoms with Crippen LogP contribution in [0.5, 0.6) is 5.75 Å². The highest BCUT2D eigenvalue weighted by atomic mass is 16.5. The van der Waals surface area contributed by atoms with Crippen LogP contribution < -0.4 is 10.1 Å². The monoisotopic (exact) mass is 434 g/mol.